The first-order valence-electron chi connectivity index (χ1n) is 10.9. The third-order valence-electron chi connectivity index (χ3n) is 5.44. The van der Waals surface area contributed by atoms with E-state index in [1.165, 1.54) is 0 Å². The van der Waals surface area contributed by atoms with Gasteiger partial charge in [-0.2, -0.15) is 4.31 Å². The lowest BCUT2D eigenvalue weighted by Crippen LogP contribution is -2.59. The van der Waals surface area contributed by atoms with Gasteiger partial charge in [-0.15, -0.1) is 6.42 Å². The van der Waals surface area contributed by atoms with Gasteiger partial charge in [-0.25, -0.2) is 13.9 Å². The highest BCUT2D eigenvalue weighted by Gasteiger charge is 2.49. The largest absolute Gasteiger partial charge is 0.483 e. The average molecular weight is 604 g/mol. The number of aliphatic hydroxyl groups is 5. The highest BCUT2D eigenvalue weighted by atomic mass is 31.3. The Bertz CT molecular complexity index is 1250. The second-order valence-electron chi connectivity index (χ2n) is 8.22. The van der Waals surface area contributed by atoms with Crippen molar-refractivity contribution >= 4 is 15.6 Å². The van der Waals surface area contributed by atoms with Crippen molar-refractivity contribution in [3.8, 4) is 12.3 Å². The molecule has 0 bridgehead atoms. The van der Waals surface area contributed by atoms with E-state index >= 15 is 0 Å². The van der Waals surface area contributed by atoms with Gasteiger partial charge in [-0.05, 0) is 0 Å². The normalized spacial score (nSPS) is 36.1. The predicted octanol–water partition coefficient (Wildman–Crippen LogP) is -4.14. The predicted molar refractivity (Wildman–Crippen MR) is 121 cm³/mol. The first kappa shape index (κ1) is 31.7. The van der Waals surface area contributed by atoms with E-state index in [0.29, 0.717) is 0 Å². The zero-order chi connectivity index (χ0) is 29.1. The van der Waals surface area contributed by atoms with Gasteiger partial charge in [0.05, 0.1) is 13.2 Å². The average Bonchev–Trinajstić information content (AvgIpc) is 3.12. The zero-order valence-corrected chi connectivity index (χ0v) is 21.4. The van der Waals surface area contributed by atoms with Crippen molar-refractivity contribution in [2.75, 3.05) is 19.8 Å². The number of H-pyrrole nitrogens is 1. The number of nitrogens with zero attached hydrogens (tertiary/aromatic N) is 1. The fourth-order valence-corrected chi connectivity index (χ4v) is 5.73. The minimum absolute atomic E-state index is 0.220. The fraction of sp³-hybridized carbons (Fsp3) is 0.667. The summed E-state index contributed by atoms with van der Waals surface area (Å²) in [5.41, 5.74) is -1.74. The molecule has 2 fully saturated rings. The van der Waals surface area contributed by atoms with E-state index in [0.717, 1.165) is 16.8 Å². The van der Waals surface area contributed by atoms with Gasteiger partial charge in [-0.3, -0.25) is 23.4 Å². The van der Waals surface area contributed by atoms with Crippen molar-refractivity contribution in [3.05, 3.63) is 33.1 Å². The van der Waals surface area contributed by atoms with Crippen molar-refractivity contribution in [3.63, 3.8) is 0 Å². The van der Waals surface area contributed by atoms with Gasteiger partial charge in [0.2, 0.25) is 0 Å². The third-order valence-corrected chi connectivity index (χ3v) is 8.04. The molecule has 8 N–H and O–H groups in total. The standard InChI is InChI=1S/C18H26N2O17P2/c1-2-5-32-6-8-11(22)13(24)15(26)17(35-8)36-39(30,31)37-38(28,29)33-7-9-12(23)14(25)16(34-9)20-4-3-10(21)19-18(20)27/h1,3-4,8-9,11-17,22-26H,5-7H2,(H,28,29)(H,30,31)(H,19,21,27)/t8-,9-,11+,12+,13+,14?,15-,16-,17?/m1/s1. The number of phosphoric ester groups is 2. The molecular weight excluding hydrogens is 578 g/mol. The lowest BCUT2D eigenvalue weighted by Gasteiger charge is -2.40. The van der Waals surface area contributed by atoms with Crippen LogP contribution in [0.2, 0.25) is 0 Å². The first-order valence-corrected chi connectivity index (χ1v) is 13.9. The van der Waals surface area contributed by atoms with Gasteiger partial charge < -0.3 is 49.5 Å². The Hall–Kier alpha value is -1.82. The summed E-state index contributed by atoms with van der Waals surface area (Å²) in [6.45, 7) is -1.68. The van der Waals surface area contributed by atoms with Gasteiger partial charge in [-0.1, -0.05) is 5.92 Å². The molecule has 0 amide bonds. The number of nitrogens with one attached hydrogen (secondary N) is 1. The summed E-state index contributed by atoms with van der Waals surface area (Å²) in [5.74, 6) is 2.12. The highest BCUT2D eigenvalue weighted by Crippen LogP contribution is 2.61. The first-order chi connectivity index (χ1) is 18.2. The molecule has 0 radical (unpaired) electrons. The summed E-state index contributed by atoms with van der Waals surface area (Å²) in [4.78, 5) is 44.8. The zero-order valence-electron chi connectivity index (χ0n) is 19.6. The molecule has 3 heterocycles. The SMILES string of the molecule is C#CCOC[C@H]1OC(OP(=O)(O)OP(=O)(O)OC[C@H]2O[C@@H](n3ccc(=O)[nH]c3=O)C(O)[C@H]2O)[C@H](O)[C@@H](O)[C@H]1O. The Morgan fingerprint density at radius 3 is 2.23 bits per heavy atom. The van der Waals surface area contributed by atoms with E-state index < -0.39 is 95.4 Å². The number of rotatable bonds is 11. The number of terminal acetylenes is 1. The number of aliphatic hydroxyl groups excluding tert-OH is 5. The van der Waals surface area contributed by atoms with Gasteiger partial charge in [0.1, 0.15) is 49.3 Å². The van der Waals surface area contributed by atoms with Crippen molar-refractivity contribution in [2.24, 2.45) is 0 Å². The molecule has 2 aliphatic rings. The van der Waals surface area contributed by atoms with Crippen LogP contribution in [0.5, 0.6) is 0 Å². The van der Waals surface area contributed by atoms with Crippen LogP contribution in [-0.4, -0.2) is 114 Å². The van der Waals surface area contributed by atoms with E-state index in [9.17, 15) is 54.0 Å². The monoisotopic (exact) mass is 604 g/mol. The maximum absolute atomic E-state index is 12.3. The van der Waals surface area contributed by atoms with Gasteiger partial charge in [0.25, 0.3) is 5.56 Å². The van der Waals surface area contributed by atoms with Crippen LogP contribution in [0.1, 0.15) is 6.23 Å². The summed E-state index contributed by atoms with van der Waals surface area (Å²) >= 11 is 0. The van der Waals surface area contributed by atoms with Crippen LogP contribution in [-0.2, 0) is 36.7 Å². The summed E-state index contributed by atoms with van der Waals surface area (Å²) in [5, 5.41) is 50.3. The van der Waals surface area contributed by atoms with Gasteiger partial charge in [0.15, 0.2) is 12.5 Å². The number of aromatic amines is 1. The van der Waals surface area contributed by atoms with Crippen LogP contribution < -0.4 is 11.2 Å². The van der Waals surface area contributed by atoms with Crippen LogP contribution in [0.4, 0.5) is 0 Å². The Labute approximate surface area is 218 Å². The summed E-state index contributed by atoms with van der Waals surface area (Å²) in [6, 6.07) is 0.932. The highest BCUT2D eigenvalue weighted by molar-refractivity contribution is 7.61. The van der Waals surface area contributed by atoms with Crippen molar-refractivity contribution < 1.29 is 72.0 Å². The number of hydrogen-bond acceptors (Lipinski definition) is 15. The quantitative estimate of drug-likeness (QED) is 0.0676. The molecule has 0 saturated carbocycles. The van der Waals surface area contributed by atoms with Crippen LogP contribution in [0.15, 0.2) is 21.9 Å². The molecule has 39 heavy (non-hydrogen) atoms. The Morgan fingerprint density at radius 2 is 1.59 bits per heavy atom. The van der Waals surface area contributed by atoms with Crippen molar-refractivity contribution in [1.29, 1.82) is 0 Å². The minimum atomic E-state index is -5.61. The molecule has 0 aliphatic carbocycles. The van der Waals surface area contributed by atoms with Crippen LogP contribution in [0.3, 0.4) is 0 Å². The maximum atomic E-state index is 12.3. The van der Waals surface area contributed by atoms with Gasteiger partial charge in [0, 0.05) is 12.3 Å². The topological polar surface area (TPSA) is 286 Å². The van der Waals surface area contributed by atoms with Crippen LogP contribution in [0, 0.1) is 12.3 Å². The van der Waals surface area contributed by atoms with Crippen molar-refractivity contribution in [2.45, 2.75) is 55.2 Å². The molecule has 0 spiro atoms. The lowest BCUT2D eigenvalue weighted by molar-refractivity contribution is -0.282. The number of ether oxygens (including phenoxy) is 3. The molecule has 2 aliphatic heterocycles. The van der Waals surface area contributed by atoms with Gasteiger partial charge >= 0.3 is 21.3 Å². The van der Waals surface area contributed by atoms with Crippen molar-refractivity contribution in [1.82, 2.24) is 9.55 Å². The Morgan fingerprint density at radius 1 is 0.949 bits per heavy atom. The fourth-order valence-electron chi connectivity index (χ4n) is 3.57. The van der Waals surface area contributed by atoms with E-state index in [4.69, 9.17) is 20.6 Å². The Balaban J connectivity index is 1.60. The molecule has 4 unspecified atom stereocenters. The summed E-state index contributed by atoms with van der Waals surface area (Å²) < 4.78 is 53.8. The number of hydrogen-bond donors (Lipinski definition) is 8. The van der Waals surface area contributed by atoms with Crippen LogP contribution in [0.25, 0.3) is 0 Å². The number of aromatic nitrogens is 2. The molecule has 21 heteroatoms. The van der Waals surface area contributed by atoms with E-state index in [-0.39, 0.29) is 6.61 Å². The van der Waals surface area contributed by atoms with E-state index in [1.54, 1.807) is 0 Å². The molecule has 1 aromatic heterocycles. The Kier molecular flexibility index (Phi) is 10.4. The molecule has 3 rings (SSSR count). The molecule has 0 aromatic carbocycles. The smallest absolute Gasteiger partial charge is 0.387 e. The minimum Gasteiger partial charge on any atom is -0.387 e. The molecule has 2 saturated heterocycles. The second-order valence-corrected chi connectivity index (χ2v) is 11.2. The number of phosphoric acid groups is 2. The summed E-state index contributed by atoms with van der Waals surface area (Å²) in [7, 11) is -11.1. The summed E-state index contributed by atoms with van der Waals surface area (Å²) in [6.07, 6.45) is -10.1. The molecule has 11 atom stereocenters. The van der Waals surface area contributed by atoms with Crippen LogP contribution >= 0.6 is 15.6 Å². The molecule has 1 aromatic rings. The lowest BCUT2D eigenvalue weighted by atomic mass is 9.99. The van der Waals surface area contributed by atoms with E-state index in [1.807, 2.05) is 4.98 Å². The maximum Gasteiger partial charge on any atom is 0.483 e. The second kappa shape index (κ2) is 12.8. The third kappa shape index (κ3) is 7.89. The van der Waals surface area contributed by atoms with E-state index in [2.05, 4.69) is 19.3 Å². The molecule has 19 nitrogen and oxygen atoms in total. The molecule has 220 valence electrons. The molecular formula is C18H26N2O17P2.